The van der Waals surface area contributed by atoms with Crippen LogP contribution in [0.2, 0.25) is 0 Å². The first-order valence-corrected chi connectivity index (χ1v) is 16.8. The summed E-state index contributed by atoms with van der Waals surface area (Å²) in [7, 11) is 0. The third-order valence-electron chi connectivity index (χ3n) is 6.98. The molecule has 0 amide bonds. The van der Waals surface area contributed by atoms with Crippen molar-refractivity contribution < 1.29 is 50.6 Å². The Morgan fingerprint density at radius 2 is 1.24 bits per heavy atom. The molecule has 0 bridgehead atoms. The standard InChI is InChI=1S/C13H9.C12H19.2C7H4F3.CH2.2ClH.Zr/c1-3-7-12-10(5-1)9-11-6-2-4-8-13(11)12;1-5-6-10-7-8-11(9-10)12(2,3)4;2*8-7(9,10)6-4-2-1-3-5-6;;;;/h1-5,7-8H,9H2;8-10H,5-6H2,1-4H3;2*1-2,4-5H;1H2;2*1H;/q4*-1;;;;. The Labute approximate surface area is 314 Å². The van der Waals surface area contributed by atoms with Gasteiger partial charge in [-0.15, -0.1) is 30.4 Å². The maximum absolute atomic E-state index is 11.8. The van der Waals surface area contributed by atoms with E-state index < -0.39 is 23.5 Å². The van der Waals surface area contributed by atoms with Gasteiger partial charge in [-0.25, -0.2) is 6.08 Å². The van der Waals surface area contributed by atoms with Gasteiger partial charge in [0.25, 0.3) is 0 Å². The molecule has 0 radical (unpaired) electrons. The van der Waals surface area contributed by atoms with Gasteiger partial charge in [-0.05, 0) is 6.42 Å². The Morgan fingerprint density at radius 3 is 1.67 bits per heavy atom. The monoisotopic (exact) mass is 794 g/mol. The molecular weight excluding hydrogens is 757 g/mol. The van der Waals surface area contributed by atoms with Crippen LogP contribution in [0.3, 0.4) is 0 Å². The number of hydrogen-bond acceptors (Lipinski definition) is 0. The van der Waals surface area contributed by atoms with Gasteiger partial charge in [-0.2, -0.15) is 128 Å². The molecule has 4 aromatic carbocycles. The van der Waals surface area contributed by atoms with Gasteiger partial charge in [0.05, 0.1) is 0 Å². The molecule has 1 atom stereocenters. The van der Waals surface area contributed by atoms with Crippen molar-refractivity contribution >= 4 is 29.0 Å². The average molecular weight is 797 g/mol. The van der Waals surface area contributed by atoms with Crippen molar-refractivity contribution in [2.45, 2.75) is 59.3 Å². The molecule has 264 valence electrons. The second-order valence-electron chi connectivity index (χ2n) is 11.6. The molecule has 0 aromatic heterocycles. The number of allylic oxidation sites excluding steroid dienone is 4. The molecule has 0 fully saturated rings. The van der Waals surface area contributed by atoms with E-state index in [0.717, 1.165) is 30.7 Å². The van der Waals surface area contributed by atoms with Crippen LogP contribution in [0, 0.1) is 35.6 Å². The molecule has 2 aliphatic rings. The molecule has 4 aromatic rings. The summed E-state index contributed by atoms with van der Waals surface area (Å²) in [5, 5.41) is 0. The molecule has 1 unspecified atom stereocenters. The average Bonchev–Trinajstić information content (AvgIpc) is 3.69. The summed E-state index contributed by atoms with van der Waals surface area (Å²) in [6, 6.07) is 32.1. The van der Waals surface area contributed by atoms with Gasteiger partial charge in [0.2, 0.25) is 0 Å². The number of benzene rings is 4. The molecule has 0 saturated heterocycles. The summed E-state index contributed by atoms with van der Waals surface area (Å²) >= 11 is 1.30. The van der Waals surface area contributed by atoms with E-state index in [2.05, 4.69) is 105 Å². The summed E-state index contributed by atoms with van der Waals surface area (Å²) in [5.74, 6) is 0.587. The second kappa shape index (κ2) is 22.2. The van der Waals surface area contributed by atoms with Crippen LogP contribution in [0.4, 0.5) is 26.3 Å². The van der Waals surface area contributed by atoms with Gasteiger partial charge in [-0.3, -0.25) is 6.08 Å². The van der Waals surface area contributed by atoms with E-state index in [4.69, 9.17) is 0 Å². The maximum Gasteiger partial charge on any atom is -0.0253 e. The molecule has 0 aliphatic heterocycles. The Bertz CT molecular complexity index is 1460. The van der Waals surface area contributed by atoms with E-state index in [1.807, 2.05) is 6.07 Å². The summed E-state index contributed by atoms with van der Waals surface area (Å²) in [6.45, 7) is 8.99. The van der Waals surface area contributed by atoms with E-state index in [1.165, 1.54) is 89.2 Å². The third-order valence-corrected chi connectivity index (χ3v) is 6.98. The van der Waals surface area contributed by atoms with Crippen molar-refractivity contribution in [3.05, 3.63) is 155 Å². The largest absolute Gasteiger partial charge is 0.179 e. The minimum absolute atomic E-state index is 0. The summed E-state index contributed by atoms with van der Waals surface area (Å²) in [4.78, 5) is 0. The van der Waals surface area contributed by atoms with E-state index in [0.29, 0.717) is 11.3 Å². The molecule has 6 rings (SSSR count). The van der Waals surface area contributed by atoms with E-state index in [9.17, 15) is 26.3 Å². The fourth-order valence-corrected chi connectivity index (χ4v) is 4.59. The fraction of sp³-hybridized carbons (Fsp3) is 0.275. The quantitative estimate of drug-likeness (QED) is 0.123. The topological polar surface area (TPSA) is 0 Å². The smallest absolute Gasteiger partial charge is 0.0253 e. The molecule has 0 N–H and O–H groups in total. The van der Waals surface area contributed by atoms with Gasteiger partial charge >= 0.3 is 40.8 Å². The third kappa shape index (κ3) is 15.8. The van der Waals surface area contributed by atoms with Crippen molar-refractivity contribution in [1.29, 1.82) is 0 Å². The van der Waals surface area contributed by atoms with Crippen LogP contribution >= 0.6 is 24.8 Å². The maximum atomic E-state index is 11.8. The summed E-state index contributed by atoms with van der Waals surface area (Å²) in [6.07, 6.45) is 2.99. The number of hydrogen-bond donors (Lipinski definition) is 0. The van der Waals surface area contributed by atoms with Crippen LogP contribution in [-0.2, 0) is 43.0 Å². The first kappa shape index (κ1) is 46.3. The molecule has 0 nitrogen and oxygen atoms in total. The zero-order valence-electron chi connectivity index (χ0n) is 27.8. The van der Waals surface area contributed by atoms with E-state index in [1.54, 1.807) is 0 Å². The number of alkyl halides is 6. The van der Waals surface area contributed by atoms with Gasteiger partial charge in [0.1, 0.15) is 0 Å². The number of rotatable bonds is 2. The zero-order valence-corrected chi connectivity index (χ0v) is 31.9. The minimum atomic E-state index is -4.24. The predicted octanol–water partition coefficient (Wildman–Crippen LogP) is 12.6. The van der Waals surface area contributed by atoms with Crippen molar-refractivity contribution in [2.75, 3.05) is 0 Å². The van der Waals surface area contributed by atoms with Crippen LogP contribution < -0.4 is 0 Å². The van der Waals surface area contributed by atoms with Crippen LogP contribution in [0.5, 0.6) is 0 Å². The van der Waals surface area contributed by atoms with Crippen molar-refractivity contribution in [2.24, 2.45) is 11.3 Å². The molecule has 9 heteroatoms. The van der Waals surface area contributed by atoms with Gasteiger partial charge in [0, 0.05) is 0 Å². The van der Waals surface area contributed by atoms with Crippen LogP contribution in [0.25, 0.3) is 11.1 Å². The van der Waals surface area contributed by atoms with Gasteiger partial charge < -0.3 is 0 Å². The Morgan fingerprint density at radius 1 is 0.735 bits per heavy atom. The van der Waals surface area contributed by atoms with E-state index >= 15 is 0 Å². The summed E-state index contributed by atoms with van der Waals surface area (Å²) < 4.78 is 73.9. The van der Waals surface area contributed by atoms with Crippen LogP contribution in [0.15, 0.2) is 109 Å². The molecular formula is C40H40Cl2F6Zr-4. The van der Waals surface area contributed by atoms with Crippen molar-refractivity contribution in [3.8, 4) is 11.1 Å². The Balaban J connectivity index is 0.000000612. The number of halogens is 8. The second-order valence-corrected chi connectivity index (χ2v) is 11.6. The van der Waals surface area contributed by atoms with Crippen LogP contribution in [0.1, 0.15) is 62.8 Å². The normalized spacial score (nSPS) is 13.7. The van der Waals surface area contributed by atoms with Gasteiger partial charge in [-0.1, -0.05) is 98.4 Å². The predicted molar refractivity (Wildman–Crippen MR) is 189 cm³/mol. The first-order valence-electron chi connectivity index (χ1n) is 15.0. The molecule has 0 spiro atoms. The molecule has 0 saturated carbocycles. The first-order chi connectivity index (χ1) is 22.2. The van der Waals surface area contributed by atoms with Gasteiger partial charge in [0.15, 0.2) is 0 Å². The molecule has 0 heterocycles. The van der Waals surface area contributed by atoms with Crippen molar-refractivity contribution in [1.82, 2.24) is 0 Å². The Kier molecular flexibility index (Phi) is 20.9. The molecule has 49 heavy (non-hydrogen) atoms. The number of fused-ring (bicyclic) bond motifs is 3. The van der Waals surface area contributed by atoms with Crippen molar-refractivity contribution in [3.63, 3.8) is 0 Å². The minimum Gasteiger partial charge on any atom is -0.179 e. The summed E-state index contributed by atoms with van der Waals surface area (Å²) in [5.41, 5.74) is 5.94. The van der Waals surface area contributed by atoms with Crippen LogP contribution in [-0.4, -0.2) is 4.21 Å². The zero-order chi connectivity index (χ0) is 35.1. The van der Waals surface area contributed by atoms with E-state index in [-0.39, 0.29) is 24.8 Å². The Hall–Kier alpha value is -2.73. The fourth-order valence-electron chi connectivity index (χ4n) is 4.59. The molecule has 2 aliphatic carbocycles. The SMILES string of the molecule is CCCC1[C-]=CC(C(C)(C)C)=C1.Cl.Cl.FC(F)(F)c1c[c-]ccc1.FC(F)(F)c1c[c-]ccc1.[CH2]=[Zr].[c-]1cccc2c1Cc1ccccc1-2.